The maximum atomic E-state index is 13.2. The minimum Gasteiger partial charge on any atom is -0.383 e. The first-order valence-corrected chi connectivity index (χ1v) is 7.10. The third-order valence-corrected chi connectivity index (χ3v) is 3.87. The van der Waals surface area contributed by atoms with Gasteiger partial charge in [0.1, 0.15) is 0 Å². The Morgan fingerprint density at radius 2 is 1.56 bits per heavy atom. The Balaban J connectivity index is 2.53. The molecule has 13 heteroatoms. The summed E-state index contributed by atoms with van der Waals surface area (Å²) in [5.41, 5.74) is -5.12. The summed E-state index contributed by atoms with van der Waals surface area (Å²) in [6, 6.07) is 0.379. The highest BCUT2D eigenvalue weighted by Crippen LogP contribution is 2.43. The number of aliphatic hydroxyl groups is 2. The molecular weight excluding hydrogens is 399 g/mol. The van der Waals surface area contributed by atoms with E-state index in [0.29, 0.717) is 6.07 Å². The summed E-state index contributed by atoms with van der Waals surface area (Å²) in [5, 5.41) is 22.8. The van der Waals surface area contributed by atoms with Crippen LogP contribution in [0.15, 0.2) is 23.3 Å². The van der Waals surface area contributed by atoms with Crippen LogP contribution < -0.4 is 5.01 Å². The second-order valence-electron chi connectivity index (χ2n) is 5.74. The van der Waals surface area contributed by atoms with Crippen molar-refractivity contribution < 1.29 is 49.7 Å². The van der Waals surface area contributed by atoms with E-state index in [1.54, 1.807) is 0 Å². The molecule has 1 aromatic carbocycles. The topological polar surface area (TPSA) is 56.1 Å². The maximum absolute atomic E-state index is 13.2. The molecule has 0 aromatic heterocycles. The van der Waals surface area contributed by atoms with Gasteiger partial charge in [-0.15, -0.1) is 0 Å². The molecule has 1 aliphatic rings. The van der Waals surface area contributed by atoms with Crippen molar-refractivity contribution >= 4 is 11.4 Å². The fourth-order valence-electron chi connectivity index (χ4n) is 2.59. The Hall–Kier alpha value is -2.02. The van der Waals surface area contributed by atoms with Crippen LogP contribution in [0.1, 0.15) is 18.1 Å². The van der Waals surface area contributed by atoms with Crippen LogP contribution in [0.4, 0.5) is 45.2 Å². The third-order valence-electron chi connectivity index (χ3n) is 3.87. The maximum Gasteiger partial charge on any atom is 0.418 e. The number of rotatable bonds is 2. The molecular formula is C14H11F9N2O2. The molecule has 0 bridgehead atoms. The summed E-state index contributed by atoms with van der Waals surface area (Å²) in [4.78, 5) is 0. The summed E-state index contributed by atoms with van der Waals surface area (Å²) >= 11 is 0. The quantitative estimate of drug-likeness (QED) is 0.730. The lowest BCUT2D eigenvalue weighted by atomic mass is 9.95. The van der Waals surface area contributed by atoms with Gasteiger partial charge >= 0.3 is 18.5 Å². The van der Waals surface area contributed by atoms with Crippen molar-refractivity contribution in [3.8, 4) is 0 Å². The molecule has 0 saturated heterocycles. The second-order valence-corrected chi connectivity index (χ2v) is 5.74. The normalized spacial score (nSPS) is 22.8. The third kappa shape index (κ3) is 4.13. The number of alkyl halides is 9. The van der Waals surface area contributed by atoms with E-state index in [-0.39, 0.29) is 17.1 Å². The minimum atomic E-state index is -5.32. The van der Waals surface area contributed by atoms with Crippen molar-refractivity contribution in [3.05, 3.63) is 29.3 Å². The fourth-order valence-corrected chi connectivity index (χ4v) is 2.59. The van der Waals surface area contributed by atoms with Gasteiger partial charge in [-0.2, -0.15) is 44.6 Å². The predicted molar refractivity (Wildman–Crippen MR) is 73.6 cm³/mol. The molecule has 0 radical (unpaired) electrons. The number of nitrogens with zero attached hydrogens (tertiary/aromatic N) is 2. The van der Waals surface area contributed by atoms with E-state index >= 15 is 0 Å². The van der Waals surface area contributed by atoms with Gasteiger partial charge in [-0.05, 0) is 25.1 Å². The van der Waals surface area contributed by atoms with Gasteiger partial charge in [0.25, 0.3) is 0 Å². The summed E-state index contributed by atoms with van der Waals surface area (Å²) in [6.45, 7) is 0.931. The first-order chi connectivity index (χ1) is 12.0. The summed E-state index contributed by atoms with van der Waals surface area (Å²) in [7, 11) is 0. The average Bonchev–Trinajstić information content (AvgIpc) is 2.78. The first-order valence-electron chi connectivity index (χ1n) is 7.10. The van der Waals surface area contributed by atoms with Gasteiger partial charge in [0.15, 0.2) is 12.3 Å². The van der Waals surface area contributed by atoms with Gasteiger partial charge in [0, 0.05) is 5.71 Å². The number of aliphatic hydroxyl groups excluding tert-OH is 2. The van der Waals surface area contributed by atoms with E-state index in [4.69, 9.17) is 0 Å². The van der Waals surface area contributed by atoms with E-state index in [1.807, 2.05) is 0 Å². The monoisotopic (exact) mass is 410 g/mol. The van der Waals surface area contributed by atoms with E-state index in [9.17, 15) is 49.7 Å². The lowest BCUT2D eigenvalue weighted by Crippen LogP contribution is -2.46. The smallest absolute Gasteiger partial charge is 0.383 e. The molecule has 1 aromatic rings. The lowest BCUT2D eigenvalue weighted by Gasteiger charge is -2.29. The summed E-state index contributed by atoms with van der Waals surface area (Å²) in [5.74, 6) is -2.12. The molecule has 2 N–H and O–H groups in total. The number of hydrogen-bond acceptors (Lipinski definition) is 4. The molecule has 0 amide bonds. The fraction of sp³-hybridized carbons (Fsp3) is 0.500. The molecule has 0 aliphatic carbocycles. The van der Waals surface area contributed by atoms with Crippen LogP contribution in [0.25, 0.3) is 0 Å². The molecule has 1 heterocycles. The van der Waals surface area contributed by atoms with Crippen LogP contribution in [0.5, 0.6) is 0 Å². The molecule has 2 rings (SSSR count). The van der Waals surface area contributed by atoms with E-state index in [0.717, 1.165) is 6.92 Å². The van der Waals surface area contributed by atoms with Crippen LogP contribution in [0.3, 0.4) is 0 Å². The Bertz CT molecular complexity index is 740. The SMILES string of the molecule is CC1=NN(c2ccc(C(F)(F)F)cc2C(F)(F)F)C(O)C1C(O)C(F)(F)F. The van der Waals surface area contributed by atoms with Crippen LogP contribution in [-0.4, -0.2) is 34.4 Å². The molecule has 1 aliphatic heterocycles. The molecule has 0 saturated carbocycles. The van der Waals surface area contributed by atoms with E-state index in [1.165, 1.54) is 0 Å². The summed E-state index contributed by atoms with van der Waals surface area (Å²) in [6.07, 6.45) is -21.1. The Labute approximate surface area is 145 Å². The van der Waals surface area contributed by atoms with Gasteiger partial charge in [-0.3, -0.25) is 0 Å². The first kappa shape index (κ1) is 21.3. The number of anilines is 1. The molecule has 0 fully saturated rings. The summed E-state index contributed by atoms with van der Waals surface area (Å²) < 4.78 is 116. The molecule has 0 spiro atoms. The molecule has 27 heavy (non-hydrogen) atoms. The largest absolute Gasteiger partial charge is 0.418 e. The van der Waals surface area contributed by atoms with Crippen molar-refractivity contribution in [3.63, 3.8) is 0 Å². The van der Waals surface area contributed by atoms with Crippen LogP contribution in [-0.2, 0) is 12.4 Å². The van der Waals surface area contributed by atoms with Crippen molar-refractivity contribution in [1.29, 1.82) is 0 Å². The molecule has 3 atom stereocenters. The van der Waals surface area contributed by atoms with Gasteiger partial charge < -0.3 is 10.2 Å². The number of halogens is 9. The van der Waals surface area contributed by atoms with Gasteiger partial charge in [0.05, 0.1) is 22.7 Å². The highest BCUT2D eigenvalue weighted by molar-refractivity contribution is 5.89. The Morgan fingerprint density at radius 1 is 1.00 bits per heavy atom. The number of hydrogen-bond donors (Lipinski definition) is 2. The van der Waals surface area contributed by atoms with Crippen molar-refractivity contribution in [2.75, 3.05) is 5.01 Å². The van der Waals surface area contributed by atoms with E-state index in [2.05, 4.69) is 5.10 Å². The van der Waals surface area contributed by atoms with E-state index < -0.39 is 59.3 Å². The minimum absolute atomic E-state index is 0.109. The van der Waals surface area contributed by atoms with Gasteiger partial charge in [-0.25, -0.2) is 5.01 Å². The van der Waals surface area contributed by atoms with Crippen LogP contribution >= 0.6 is 0 Å². The van der Waals surface area contributed by atoms with Crippen molar-refractivity contribution in [2.45, 2.75) is 37.8 Å². The Morgan fingerprint density at radius 3 is 2.00 bits per heavy atom. The average molecular weight is 410 g/mol. The molecule has 4 nitrogen and oxygen atoms in total. The second kappa shape index (κ2) is 6.55. The standard InChI is InChI=1S/C14H11F9N2O2/c1-5-9(10(26)14(21,22)23)11(27)25(24-5)8-3-2-6(12(15,16)17)4-7(8)13(18,19)20/h2-4,9-11,26-27H,1H3. The van der Waals surface area contributed by atoms with Crippen molar-refractivity contribution in [2.24, 2.45) is 11.0 Å². The number of hydrazone groups is 1. The van der Waals surface area contributed by atoms with Gasteiger partial charge in [-0.1, -0.05) is 0 Å². The Kier molecular flexibility index (Phi) is 5.16. The molecule has 3 unspecified atom stereocenters. The number of benzene rings is 1. The van der Waals surface area contributed by atoms with Crippen LogP contribution in [0.2, 0.25) is 0 Å². The van der Waals surface area contributed by atoms with Crippen molar-refractivity contribution in [1.82, 2.24) is 0 Å². The highest BCUT2D eigenvalue weighted by Gasteiger charge is 2.52. The zero-order chi connectivity index (χ0) is 20.9. The predicted octanol–water partition coefficient (Wildman–Crippen LogP) is 3.78. The van der Waals surface area contributed by atoms with Crippen LogP contribution in [0, 0.1) is 5.92 Å². The lowest BCUT2D eigenvalue weighted by molar-refractivity contribution is -0.219. The highest BCUT2D eigenvalue weighted by atomic mass is 19.4. The van der Waals surface area contributed by atoms with Gasteiger partial charge in [0.2, 0.25) is 0 Å². The zero-order valence-electron chi connectivity index (χ0n) is 13.2. The molecule has 152 valence electrons. The zero-order valence-corrected chi connectivity index (χ0v) is 13.2.